The molecule has 20 heavy (non-hydrogen) atoms. The zero-order valence-electron chi connectivity index (χ0n) is 12.5. The van der Waals surface area contributed by atoms with Crippen molar-refractivity contribution < 1.29 is 14.3 Å². The molecule has 1 atom stereocenters. The Hall–Kier alpha value is -1.58. The average molecular weight is 279 g/mol. The van der Waals surface area contributed by atoms with Gasteiger partial charge in [-0.1, -0.05) is 32.4 Å². The van der Waals surface area contributed by atoms with Gasteiger partial charge >= 0.3 is 5.97 Å². The van der Waals surface area contributed by atoms with Crippen LogP contribution < -0.4 is 5.32 Å². The van der Waals surface area contributed by atoms with Gasteiger partial charge in [0.05, 0.1) is 6.61 Å². The molecular weight excluding hydrogens is 254 g/mol. The Balaban J connectivity index is 2.79. The topological polar surface area (TPSA) is 55.4 Å². The number of carbonyl (C=O) groups excluding carboxylic acids is 2. The van der Waals surface area contributed by atoms with Crippen LogP contribution >= 0.6 is 0 Å². The molecule has 0 aromatic heterocycles. The highest BCUT2D eigenvalue weighted by Gasteiger charge is 2.14. The number of hydrogen-bond donors (Lipinski definition) is 1. The number of esters is 1. The lowest BCUT2D eigenvalue weighted by Gasteiger charge is -2.14. The number of ether oxygens (including phenoxy) is 1. The van der Waals surface area contributed by atoms with Crippen LogP contribution in [0.5, 0.6) is 0 Å². The van der Waals surface area contributed by atoms with E-state index in [0.29, 0.717) is 18.7 Å². The molecule has 0 aromatic carbocycles. The Morgan fingerprint density at radius 1 is 1.25 bits per heavy atom. The summed E-state index contributed by atoms with van der Waals surface area (Å²) < 4.78 is 5.08. The molecule has 1 aliphatic heterocycles. The first-order chi connectivity index (χ1) is 9.65. The highest BCUT2D eigenvalue weighted by molar-refractivity contribution is 5.94. The summed E-state index contributed by atoms with van der Waals surface area (Å²) >= 11 is 0. The minimum absolute atomic E-state index is 0.0329. The first kappa shape index (κ1) is 16.5. The van der Waals surface area contributed by atoms with Crippen LogP contribution in [0.3, 0.4) is 0 Å². The highest BCUT2D eigenvalue weighted by atomic mass is 16.5. The van der Waals surface area contributed by atoms with Crippen molar-refractivity contribution >= 4 is 11.9 Å². The van der Waals surface area contributed by atoms with Crippen molar-refractivity contribution in [3.63, 3.8) is 0 Å². The third-order valence-corrected chi connectivity index (χ3v) is 3.51. The minimum atomic E-state index is -0.345. The molecule has 0 spiro atoms. The van der Waals surface area contributed by atoms with Gasteiger partial charge in [0.15, 0.2) is 0 Å². The van der Waals surface area contributed by atoms with Gasteiger partial charge in [-0.05, 0) is 31.6 Å². The van der Waals surface area contributed by atoms with Crippen LogP contribution in [-0.2, 0) is 14.3 Å². The van der Waals surface area contributed by atoms with Crippen molar-refractivity contribution in [1.29, 1.82) is 0 Å². The Morgan fingerprint density at radius 3 is 2.75 bits per heavy atom. The molecule has 0 saturated carbocycles. The van der Waals surface area contributed by atoms with E-state index in [0.717, 1.165) is 32.1 Å². The minimum Gasteiger partial charge on any atom is -0.463 e. The van der Waals surface area contributed by atoms with Crippen LogP contribution in [0.15, 0.2) is 23.8 Å². The van der Waals surface area contributed by atoms with Gasteiger partial charge in [-0.25, -0.2) is 4.79 Å². The van der Waals surface area contributed by atoms with Crippen LogP contribution in [0.1, 0.15) is 46.0 Å². The van der Waals surface area contributed by atoms with Crippen molar-refractivity contribution in [3.05, 3.63) is 23.8 Å². The fourth-order valence-corrected chi connectivity index (χ4v) is 2.02. The van der Waals surface area contributed by atoms with E-state index in [1.165, 1.54) is 6.08 Å². The van der Waals surface area contributed by atoms with Crippen molar-refractivity contribution in [1.82, 2.24) is 5.32 Å². The maximum absolute atomic E-state index is 12.1. The summed E-state index contributed by atoms with van der Waals surface area (Å²) in [7, 11) is 0. The molecule has 0 bridgehead atoms. The molecular formula is C16H25NO3. The van der Waals surface area contributed by atoms with Crippen LogP contribution in [-0.4, -0.2) is 25.0 Å². The monoisotopic (exact) mass is 279 g/mol. The predicted molar refractivity (Wildman–Crippen MR) is 79.1 cm³/mol. The molecule has 0 saturated heterocycles. The standard InChI is InChI=1S/C16H25NO3/c1-3-13(2)14-9-8-10-15(18)20-12-7-5-4-6-11-17-16(14)19/h8-10,13H,3-7,11-12H2,1-2H3,(H,17,19)/b10-8+,14-9-. The lowest BCUT2D eigenvalue weighted by molar-refractivity contribution is -0.137. The van der Waals surface area contributed by atoms with Gasteiger partial charge in [0, 0.05) is 18.2 Å². The van der Waals surface area contributed by atoms with E-state index >= 15 is 0 Å². The van der Waals surface area contributed by atoms with Gasteiger partial charge < -0.3 is 10.1 Å². The second-order valence-electron chi connectivity index (χ2n) is 5.13. The van der Waals surface area contributed by atoms with E-state index in [1.807, 2.05) is 13.8 Å². The first-order valence-corrected chi connectivity index (χ1v) is 7.48. The molecule has 112 valence electrons. The molecule has 4 heteroatoms. The van der Waals surface area contributed by atoms with E-state index in [9.17, 15) is 9.59 Å². The molecule has 1 aliphatic rings. The van der Waals surface area contributed by atoms with Gasteiger partial charge in [-0.15, -0.1) is 0 Å². The van der Waals surface area contributed by atoms with E-state index < -0.39 is 0 Å². The van der Waals surface area contributed by atoms with Gasteiger partial charge in [-0.2, -0.15) is 0 Å². The molecule has 1 rings (SSSR count). The highest BCUT2D eigenvalue weighted by Crippen LogP contribution is 2.15. The third kappa shape index (κ3) is 6.04. The Kier molecular flexibility index (Phi) is 7.70. The van der Waals surface area contributed by atoms with Crippen molar-refractivity contribution in [3.8, 4) is 0 Å². The molecule has 0 aromatic rings. The third-order valence-electron chi connectivity index (χ3n) is 3.51. The lowest BCUT2D eigenvalue weighted by Crippen LogP contribution is -2.28. The number of allylic oxidation sites excluding steroid dienone is 2. The van der Waals surface area contributed by atoms with E-state index in [4.69, 9.17) is 4.74 Å². The van der Waals surface area contributed by atoms with Gasteiger partial charge in [0.1, 0.15) is 0 Å². The maximum Gasteiger partial charge on any atom is 0.330 e. The van der Waals surface area contributed by atoms with Gasteiger partial charge in [0.2, 0.25) is 5.91 Å². The zero-order chi connectivity index (χ0) is 14.8. The molecule has 0 fully saturated rings. The smallest absolute Gasteiger partial charge is 0.330 e. The molecule has 1 N–H and O–H groups in total. The summed E-state index contributed by atoms with van der Waals surface area (Å²) in [6.45, 7) is 5.23. The van der Waals surface area contributed by atoms with E-state index in [-0.39, 0.29) is 17.8 Å². The summed E-state index contributed by atoms with van der Waals surface area (Å²) in [5.41, 5.74) is 0.716. The number of nitrogens with one attached hydrogen (secondary N) is 1. The fourth-order valence-electron chi connectivity index (χ4n) is 2.02. The number of amides is 1. The van der Waals surface area contributed by atoms with Crippen molar-refractivity contribution in [2.75, 3.05) is 13.2 Å². The Labute approximate surface area is 121 Å². The quantitative estimate of drug-likeness (QED) is 0.791. The number of rotatable bonds is 2. The van der Waals surface area contributed by atoms with Gasteiger partial charge in [-0.3, -0.25) is 4.79 Å². The molecule has 0 aliphatic carbocycles. The Bertz CT molecular complexity index is 385. The summed E-state index contributed by atoms with van der Waals surface area (Å²) in [6.07, 6.45) is 9.48. The first-order valence-electron chi connectivity index (χ1n) is 7.48. The Morgan fingerprint density at radius 2 is 2.00 bits per heavy atom. The van der Waals surface area contributed by atoms with Crippen LogP contribution in [0.4, 0.5) is 0 Å². The zero-order valence-corrected chi connectivity index (χ0v) is 12.5. The molecule has 1 heterocycles. The van der Waals surface area contributed by atoms with E-state index in [1.54, 1.807) is 12.2 Å². The summed E-state index contributed by atoms with van der Waals surface area (Å²) in [4.78, 5) is 23.6. The fraction of sp³-hybridized carbons (Fsp3) is 0.625. The average Bonchev–Trinajstić information content (AvgIpc) is 2.44. The number of hydrogen-bond acceptors (Lipinski definition) is 3. The maximum atomic E-state index is 12.1. The van der Waals surface area contributed by atoms with Crippen molar-refractivity contribution in [2.24, 2.45) is 5.92 Å². The second-order valence-corrected chi connectivity index (χ2v) is 5.13. The molecule has 0 radical (unpaired) electrons. The second kappa shape index (κ2) is 9.34. The molecule has 1 unspecified atom stereocenters. The SMILES string of the molecule is CCC(C)/C1=C/C=C/C(=O)OCCCCCCNC1=O. The lowest BCUT2D eigenvalue weighted by atomic mass is 9.97. The summed E-state index contributed by atoms with van der Waals surface area (Å²) in [5, 5.41) is 2.96. The number of carbonyl (C=O) groups is 2. The normalized spacial score (nSPS) is 24.6. The van der Waals surface area contributed by atoms with Crippen LogP contribution in [0.25, 0.3) is 0 Å². The van der Waals surface area contributed by atoms with E-state index in [2.05, 4.69) is 5.32 Å². The van der Waals surface area contributed by atoms with Gasteiger partial charge in [0.25, 0.3) is 0 Å². The molecule has 1 amide bonds. The summed E-state index contributed by atoms with van der Waals surface area (Å²) in [5.74, 6) is -0.208. The predicted octanol–water partition coefficient (Wildman–Crippen LogP) is 2.75. The van der Waals surface area contributed by atoms with Crippen molar-refractivity contribution in [2.45, 2.75) is 46.0 Å². The largest absolute Gasteiger partial charge is 0.463 e. The molecule has 4 nitrogen and oxygen atoms in total. The van der Waals surface area contributed by atoms with Crippen LogP contribution in [0, 0.1) is 5.92 Å². The number of cyclic esters (lactones) is 1. The van der Waals surface area contributed by atoms with Crippen LogP contribution in [0.2, 0.25) is 0 Å². The summed E-state index contributed by atoms with van der Waals surface area (Å²) in [6, 6.07) is 0.